The SMILES string of the molecule is Cc1nnc(NCCCCN(C)C)c(C(N)=S)c1C. The summed E-state index contributed by atoms with van der Waals surface area (Å²) in [5.74, 6) is 0.695. The zero-order chi connectivity index (χ0) is 14.4. The van der Waals surface area contributed by atoms with E-state index < -0.39 is 0 Å². The van der Waals surface area contributed by atoms with E-state index in [9.17, 15) is 0 Å². The molecule has 1 rings (SSSR count). The van der Waals surface area contributed by atoms with E-state index in [1.807, 2.05) is 13.8 Å². The van der Waals surface area contributed by atoms with E-state index in [0.717, 1.165) is 42.8 Å². The van der Waals surface area contributed by atoms with Crippen molar-refractivity contribution in [2.45, 2.75) is 26.7 Å². The fraction of sp³-hybridized carbons (Fsp3) is 0.615. The number of thiocarbonyl (C=S) groups is 1. The van der Waals surface area contributed by atoms with Crippen LogP contribution in [0.15, 0.2) is 0 Å². The van der Waals surface area contributed by atoms with Gasteiger partial charge in [-0.25, -0.2) is 0 Å². The van der Waals surface area contributed by atoms with Crippen LogP contribution < -0.4 is 11.1 Å². The summed E-state index contributed by atoms with van der Waals surface area (Å²) in [6.45, 7) is 5.81. The molecule has 1 aromatic rings. The molecule has 3 N–H and O–H groups in total. The highest BCUT2D eigenvalue weighted by atomic mass is 32.1. The minimum absolute atomic E-state index is 0.367. The molecule has 0 spiro atoms. The molecule has 0 saturated heterocycles. The van der Waals surface area contributed by atoms with Crippen molar-refractivity contribution in [2.24, 2.45) is 5.73 Å². The Hall–Kier alpha value is -1.27. The van der Waals surface area contributed by atoms with Crippen LogP contribution >= 0.6 is 12.2 Å². The van der Waals surface area contributed by atoms with Crippen LogP contribution in [0.5, 0.6) is 0 Å². The molecule has 0 aliphatic rings. The second-order valence-corrected chi connectivity index (χ2v) is 5.38. The van der Waals surface area contributed by atoms with E-state index in [1.54, 1.807) is 0 Å². The summed E-state index contributed by atoms with van der Waals surface area (Å²) in [6.07, 6.45) is 2.21. The molecule has 106 valence electrons. The number of anilines is 1. The van der Waals surface area contributed by atoms with Gasteiger partial charge >= 0.3 is 0 Å². The second kappa shape index (κ2) is 7.35. The van der Waals surface area contributed by atoms with Gasteiger partial charge in [0.2, 0.25) is 0 Å². The molecule has 0 bridgehead atoms. The van der Waals surface area contributed by atoms with Crippen molar-refractivity contribution in [2.75, 3.05) is 32.5 Å². The monoisotopic (exact) mass is 281 g/mol. The third-order valence-electron chi connectivity index (χ3n) is 3.03. The predicted octanol–water partition coefficient (Wildman–Crippen LogP) is 1.48. The Morgan fingerprint density at radius 1 is 1.26 bits per heavy atom. The first-order chi connectivity index (χ1) is 8.93. The van der Waals surface area contributed by atoms with Gasteiger partial charge in [0, 0.05) is 6.54 Å². The van der Waals surface area contributed by atoms with Crippen molar-refractivity contribution in [3.05, 3.63) is 16.8 Å². The molecule has 0 saturated carbocycles. The van der Waals surface area contributed by atoms with E-state index in [0.29, 0.717) is 10.8 Å². The Balaban J connectivity index is 2.63. The fourth-order valence-electron chi connectivity index (χ4n) is 1.79. The van der Waals surface area contributed by atoms with Crippen LogP contribution in [0, 0.1) is 13.8 Å². The maximum Gasteiger partial charge on any atom is 0.159 e. The summed E-state index contributed by atoms with van der Waals surface area (Å²) < 4.78 is 0. The summed E-state index contributed by atoms with van der Waals surface area (Å²) in [5.41, 5.74) is 8.45. The highest BCUT2D eigenvalue weighted by Crippen LogP contribution is 2.18. The maximum atomic E-state index is 5.77. The average Bonchev–Trinajstić information content (AvgIpc) is 2.32. The number of aryl methyl sites for hydroxylation is 1. The van der Waals surface area contributed by atoms with Gasteiger partial charge in [0.25, 0.3) is 0 Å². The molecule has 0 aliphatic heterocycles. The number of hydrogen-bond acceptors (Lipinski definition) is 5. The Bertz CT molecular complexity index is 445. The molecule has 0 radical (unpaired) electrons. The van der Waals surface area contributed by atoms with Crippen LogP contribution in [0.4, 0.5) is 5.82 Å². The summed E-state index contributed by atoms with van der Waals surface area (Å²) in [5, 5.41) is 11.5. The summed E-state index contributed by atoms with van der Waals surface area (Å²) in [4.78, 5) is 2.54. The van der Waals surface area contributed by atoms with Crippen LogP contribution in [0.25, 0.3) is 0 Å². The molecule has 0 atom stereocenters. The second-order valence-electron chi connectivity index (χ2n) is 4.94. The maximum absolute atomic E-state index is 5.77. The molecule has 0 fully saturated rings. The van der Waals surface area contributed by atoms with Crippen LogP contribution in [0.2, 0.25) is 0 Å². The van der Waals surface area contributed by atoms with Crippen LogP contribution in [-0.4, -0.2) is 47.3 Å². The molecule has 0 unspecified atom stereocenters. The molecule has 5 nitrogen and oxygen atoms in total. The molecule has 0 amide bonds. The van der Waals surface area contributed by atoms with Gasteiger partial charge in [-0.05, 0) is 52.9 Å². The quantitative estimate of drug-likeness (QED) is 0.583. The Morgan fingerprint density at radius 2 is 1.95 bits per heavy atom. The van der Waals surface area contributed by atoms with Crippen molar-refractivity contribution in [1.82, 2.24) is 15.1 Å². The van der Waals surface area contributed by atoms with Crippen LogP contribution in [0.3, 0.4) is 0 Å². The molecular weight excluding hydrogens is 258 g/mol. The lowest BCUT2D eigenvalue weighted by atomic mass is 10.1. The third kappa shape index (κ3) is 4.72. The number of hydrogen-bond donors (Lipinski definition) is 2. The van der Waals surface area contributed by atoms with Gasteiger partial charge in [-0.2, -0.15) is 5.10 Å². The standard InChI is InChI=1S/C13H23N5S/c1-9-10(2)16-17-13(11(9)12(14)19)15-7-5-6-8-18(3)4/h5-8H2,1-4H3,(H2,14,19)(H,15,17). The molecular formula is C13H23N5S. The van der Waals surface area contributed by atoms with Gasteiger partial charge < -0.3 is 16.0 Å². The fourth-order valence-corrected chi connectivity index (χ4v) is 2.04. The predicted molar refractivity (Wildman–Crippen MR) is 83.7 cm³/mol. The highest BCUT2D eigenvalue weighted by molar-refractivity contribution is 7.80. The van der Waals surface area contributed by atoms with Gasteiger partial charge in [-0.15, -0.1) is 5.10 Å². The van der Waals surface area contributed by atoms with Gasteiger partial charge in [0.1, 0.15) is 4.99 Å². The Kier molecular flexibility index (Phi) is 6.11. The van der Waals surface area contributed by atoms with E-state index in [1.165, 1.54) is 0 Å². The number of unbranched alkanes of at least 4 members (excludes halogenated alkanes) is 1. The molecule has 1 aromatic heterocycles. The minimum atomic E-state index is 0.367. The van der Waals surface area contributed by atoms with E-state index in [-0.39, 0.29) is 0 Å². The highest BCUT2D eigenvalue weighted by Gasteiger charge is 2.12. The first-order valence-corrected chi connectivity index (χ1v) is 6.86. The molecule has 0 aromatic carbocycles. The minimum Gasteiger partial charge on any atom is -0.389 e. The molecule has 0 aliphatic carbocycles. The molecule has 1 heterocycles. The van der Waals surface area contributed by atoms with Gasteiger partial charge in [-0.1, -0.05) is 12.2 Å². The third-order valence-corrected chi connectivity index (χ3v) is 3.23. The van der Waals surface area contributed by atoms with Crippen molar-refractivity contribution >= 4 is 23.0 Å². The zero-order valence-corrected chi connectivity index (χ0v) is 13.0. The molecule has 19 heavy (non-hydrogen) atoms. The van der Waals surface area contributed by atoms with Crippen molar-refractivity contribution < 1.29 is 0 Å². The Labute approximate surface area is 120 Å². The topological polar surface area (TPSA) is 67.1 Å². The lowest BCUT2D eigenvalue weighted by molar-refractivity contribution is 0.396. The number of aromatic nitrogens is 2. The van der Waals surface area contributed by atoms with Gasteiger partial charge in [0.05, 0.1) is 11.3 Å². The van der Waals surface area contributed by atoms with Crippen molar-refractivity contribution in [3.63, 3.8) is 0 Å². The first kappa shape index (κ1) is 15.8. The van der Waals surface area contributed by atoms with Crippen molar-refractivity contribution in [1.29, 1.82) is 0 Å². The van der Waals surface area contributed by atoms with E-state index >= 15 is 0 Å². The number of nitrogens with one attached hydrogen (secondary N) is 1. The summed E-state index contributed by atoms with van der Waals surface area (Å²) in [7, 11) is 4.15. The lowest BCUT2D eigenvalue weighted by Gasteiger charge is -2.13. The summed E-state index contributed by atoms with van der Waals surface area (Å²) in [6, 6.07) is 0. The molecule has 6 heteroatoms. The number of nitrogens with zero attached hydrogens (tertiary/aromatic N) is 3. The Morgan fingerprint density at radius 3 is 2.53 bits per heavy atom. The smallest absolute Gasteiger partial charge is 0.159 e. The lowest BCUT2D eigenvalue weighted by Crippen LogP contribution is -2.19. The van der Waals surface area contributed by atoms with Gasteiger partial charge in [-0.3, -0.25) is 0 Å². The van der Waals surface area contributed by atoms with E-state index in [4.69, 9.17) is 18.0 Å². The zero-order valence-electron chi connectivity index (χ0n) is 12.2. The normalized spacial score (nSPS) is 10.8. The van der Waals surface area contributed by atoms with E-state index in [2.05, 4.69) is 34.5 Å². The van der Waals surface area contributed by atoms with Crippen LogP contribution in [0.1, 0.15) is 29.7 Å². The average molecular weight is 281 g/mol. The van der Waals surface area contributed by atoms with Crippen LogP contribution in [-0.2, 0) is 0 Å². The summed E-state index contributed by atoms with van der Waals surface area (Å²) >= 11 is 5.10. The van der Waals surface area contributed by atoms with Gasteiger partial charge in [0.15, 0.2) is 5.82 Å². The first-order valence-electron chi connectivity index (χ1n) is 6.45. The number of nitrogens with two attached hydrogens (primary N) is 1. The number of rotatable bonds is 7. The van der Waals surface area contributed by atoms with Crippen molar-refractivity contribution in [3.8, 4) is 0 Å². The largest absolute Gasteiger partial charge is 0.389 e.